The van der Waals surface area contributed by atoms with Crippen molar-refractivity contribution in [1.29, 1.82) is 0 Å². The molecular formula is C10H16F3NO3. The van der Waals surface area contributed by atoms with E-state index in [0.717, 1.165) is 6.42 Å². The van der Waals surface area contributed by atoms with Gasteiger partial charge >= 0.3 is 6.18 Å². The normalized spacial score (nSPS) is 21.6. The largest absolute Gasteiger partial charge is 0.411 e. The maximum Gasteiger partial charge on any atom is 0.411 e. The number of carbonyl (C=O) groups excluding carboxylic acids is 1. The van der Waals surface area contributed by atoms with E-state index in [1.165, 1.54) is 4.90 Å². The summed E-state index contributed by atoms with van der Waals surface area (Å²) in [7, 11) is 0. The predicted molar refractivity (Wildman–Crippen MR) is 53.5 cm³/mol. The first-order valence-electron chi connectivity index (χ1n) is 5.46. The number of hydrogen-bond donors (Lipinski definition) is 0. The maximum atomic E-state index is 11.8. The molecule has 1 rings (SSSR count). The smallest absolute Gasteiger partial charge is 0.375 e. The Kier molecular flexibility index (Phi) is 5.20. The molecule has 0 aromatic carbocycles. The number of amides is 1. The molecule has 4 nitrogen and oxygen atoms in total. The lowest BCUT2D eigenvalue weighted by atomic mass is 10.2. The second kappa shape index (κ2) is 6.20. The van der Waals surface area contributed by atoms with Crippen molar-refractivity contribution in [2.45, 2.75) is 25.6 Å². The van der Waals surface area contributed by atoms with Crippen LogP contribution in [0.4, 0.5) is 13.2 Å². The Labute approximate surface area is 97.7 Å². The minimum Gasteiger partial charge on any atom is -0.375 e. The lowest BCUT2D eigenvalue weighted by Gasteiger charge is -2.32. The highest BCUT2D eigenvalue weighted by Crippen LogP contribution is 2.14. The van der Waals surface area contributed by atoms with Crippen LogP contribution in [0.25, 0.3) is 0 Å². The first-order chi connectivity index (χ1) is 7.92. The minimum absolute atomic E-state index is 0.0321. The van der Waals surface area contributed by atoms with Crippen LogP contribution in [-0.4, -0.2) is 56.0 Å². The van der Waals surface area contributed by atoms with Crippen LogP contribution < -0.4 is 0 Å². The Morgan fingerprint density at radius 3 is 2.82 bits per heavy atom. The first-order valence-corrected chi connectivity index (χ1v) is 5.46. The Morgan fingerprint density at radius 2 is 2.24 bits per heavy atom. The van der Waals surface area contributed by atoms with Gasteiger partial charge in [-0.25, -0.2) is 0 Å². The maximum absolute atomic E-state index is 11.8. The summed E-state index contributed by atoms with van der Waals surface area (Å²) < 4.78 is 45.1. The van der Waals surface area contributed by atoms with Gasteiger partial charge in [0.25, 0.3) is 0 Å². The van der Waals surface area contributed by atoms with Gasteiger partial charge in [0.15, 0.2) is 0 Å². The molecule has 100 valence electrons. The van der Waals surface area contributed by atoms with Crippen LogP contribution in [0.5, 0.6) is 0 Å². The van der Waals surface area contributed by atoms with Crippen molar-refractivity contribution in [2.24, 2.45) is 0 Å². The minimum atomic E-state index is -4.39. The second-order valence-corrected chi connectivity index (χ2v) is 3.85. The molecular weight excluding hydrogens is 239 g/mol. The molecule has 1 saturated heterocycles. The monoisotopic (exact) mass is 255 g/mol. The summed E-state index contributed by atoms with van der Waals surface area (Å²) in [5, 5.41) is 0. The average molecular weight is 255 g/mol. The van der Waals surface area contributed by atoms with Crippen molar-refractivity contribution in [2.75, 3.05) is 32.9 Å². The fourth-order valence-corrected chi connectivity index (χ4v) is 1.54. The lowest BCUT2D eigenvalue weighted by Crippen LogP contribution is -2.46. The molecule has 0 aromatic heterocycles. The highest BCUT2D eigenvalue weighted by Gasteiger charge is 2.29. The standard InChI is InChI=1S/C10H16F3NO3/c1-2-8-5-14(3-4-17-8)9(15)6-16-7-10(11,12)13/h8H,2-7H2,1H3/t8-/m1/s1. The highest BCUT2D eigenvalue weighted by atomic mass is 19.4. The first kappa shape index (κ1) is 14.2. The van der Waals surface area contributed by atoms with Gasteiger partial charge in [0, 0.05) is 13.1 Å². The van der Waals surface area contributed by atoms with Crippen LogP contribution in [0.2, 0.25) is 0 Å². The number of carbonyl (C=O) groups is 1. The Bertz CT molecular complexity index is 258. The Hall–Kier alpha value is -0.820. The second-order valence-electron chi connectivity index (χ2n) is 3.85. The van der Waals surface area contributed by atoms with Crippen molar-refractivity contribution in [1.82, 2.24) is 4.90 Å². The molecule has 1 aliphatic rings. The zero-order chi connectivity index (χ0) is 12.9. The van der Waals surface area contributed by atoms with Gasteiger partial charge in [0.1, 0.15) is 13.2 Å². The summed E-state index contributed by atoms with van der Waals surface area (Å²) in [4.78, 5) is 13.0. The highest BCUT2D eigenvalue weighted by molar-refractivity contribution is 5.77. The van der Waals surface area contributed by atoms with Crippen molar-refractivity contribution < 1.29 is 27.4 Å². The van der Waals surface area contributed by atoms with Gasteiger partial charge < -0.3 is 14.4 Å². The van der Waals surface area contributed by atoms with E-state index in [9.17, 15) is 18.0 Å². The zero-order valence-corrected chi connectivity index (χ0v) is 9.63. The Morgan fingerprint density at radius 1 is 1.53 bits per heavy atom. The number of ether oxygens (including phenoxy) is 2. The van der Waals surface area contributed by atoms with Gasteiger partial charge in [0.05, 0.1) is 12.7 Å². The molecule has 17 heavy (non-hydrogen) atoms. The molecule has 0 aromatic rings. The summed E-state index contributed by atoms with van der Waals surface area (Å²) in [6.45, 7) is 1.26. The van der Waals surface area contributed by atoms with Crippen LogP contribution in [0.1, 0.15) is 13.3 Å². The van der Waals surface area contributed by atoms with Gasteiger partial charge in [-0.05, 0) is 6.42 Å². The Balaban J connectivity index is 2.27. The van der Waals surface area contributed by atoms with Crippen LogP contribution in [0.15, 0.2) is 0 Å². The molecule has 1 fully saturated rings. The molecule has 1 aliphatic heterocycles. The van der Waals surface area contributed by atoms with Crippen LogP contribution >= 0.6 is 0 Å². The van der Waals surface area contributed by atoms with Gasteiger partial charge in [-0.3, -0.25) is 4.79 Å². The molecule has 1 amide bonds. The summed E-state index contributed by atoms with van der Waals surface area (Å²) in [6.07, 6.45) is -3.65. The quantitative estimate of drug-likeness (QED) is 0.757. The van der Waals surface area contributed by atoms with Crippen LogP contribution in [0.3, 0.4) is 0 Å². The van der Waals surface area contributed by atoms with E-state index in [4.69, 9.17) is 4.74 Å². The molecule has 0 radical (unpaired) electrons. The summed E-state index contributed by atoms with van der Waals surface area (Å²) in [5.41, 5.74) is 0. The van der Waals surface area contributed by atoms with Gasteiger partial charge in [-0.15, -0.1) is 0 Å². The number of halogens is 3. The van der Waals surface area contributed by atoms with Gasteiger partial charge in [-0.2, -0.15) is 13.2 Å². The van der Waals surface area contributed by atoms with Crippen molar-refractivity contribution in [3.63, 3.8) is 0 Å². The summed E-state index contributed by atoms with van der Waals surface area (Å²) in [5.74, 6) is -0.420. The third-order valence-electron chi connectivity index (χ3n) is 2.44. The van der Waals surface area contributed by atoms with Crippen molar-refractivity contribution in [3.8, 4) is 0 Å². The number of rotatable bonds is 4. The zero-order valence-electron chi connectivity index (χ0n) is 9.63. The number of hydrogen-bond acceptors (Lipinski definition) is 3. The molecule has 0 spiro atoms. The average Bonchev–Trinajstić information content (AvgIpc) is 2.27. The van der Waals surface area contributed by atoms with Gasteiger partial charge in [0.2, 0.25) is 5.91 Å². The number of nitrogens with zero attached hydrogens (tertiary/aromatic N) is 1. The molecule has 1 atom stereocenters. The van der Waals surface area contributed by atoms with Gasteiger partial charge in [-0.1, -0.05) is 6.92 Å². The third kappa shape index (κ3) is 5.36. The molecule has 0 aliphatic carbocycles. The van der Waals surface area contributed by atoms with E-state index in [1.54, 1.807) is 0 Å². The lowest BCUT2D eigenvalue weighted by molar-refractivity contribution is -0.179. The molecule has 0 saturated carbocycles. The number of alkyl halides is 3. The molecule has 7 heteroatoms. The predicted octanol–water partition coefficient (Wildman–Crippen LogP) is 1.20. The third-order valence-corrected chi connectivity index (χ3v) is 2.44. The van der Waals surface area contributed by atoms with Crippen molar-refractivity contribution >= 4 is 5.91 Å². The van der Waals surface area contributed by atoms with E-state index < -0.39 is 25.3 Å². The summed E-state index contributed by atoms with van der Waals surface area (Å²) >= 11 is 0. The number of morpholine rings is 1. The molecule has 0 N–H and O–H groups in total. The van der Waals surface area contributed by atoms with Crippen LogP contribution in [0, 0.1) is 0 Å². The van der Waals surface area contributed by atoms with E-state index in [2.05, 4.69) is 4.74 Å². The van der Waals surface area contributed by atoms with E-state index in [-0.39, 0.29) is 6.10 Å². The summed E-state index contributed by atoms with van der Waals surface area (Å²) in [6, 6.07) is 0. The topological polar surface area (TPSA) is 38.8 Å². The molecule has 1 heterocycles. The fraction of sp³-hybridized carbons (Fsp3) is 0.900. The van der Waals surface area contributed by atoms with E-state index in [1.807, 2.05) is 6.92 Å². The SMILES string of the molecule is CC[C@@H]1CN(C(=O)COCC(F)(F)F)CCO1. The van der Waals surface area contributed by atoms with Crippen LogP contribution in [-0.2, 0) is 14.3 Å². The van der Waals surface area contributed by atoms with E-state index in [0.29, 0.717) is 19.7 Å². The molecule has 0 unspecified atom stereocenters. The van der Waals surface area contributed by atoms with Crippen molar-refractivity contribution in [3.05, 3.63) is 0 Å². The molecule has 0 bridgehead atoms. The fourth-order valence-electron chi connectivity index (χ4n) is 1.54. The van der Waals surface area contributed by atoms with E-state index >= 15 is 0 Å².